The third-order valence-electron chi connectivity index (χ3n) is 1.67. The van der Waals surface area contributed by atoms with Crippen LogP contribution < -0.4 is 5.32 Å². The van der Waals surface area contributed by atoms with Crippen LogP contribution in [-0.2, 0) is 14.3 Å². The molecule has 78 valence electrons. The highest BCUT2D eigenvalue weighted by Crippen LogP contribution is 2.14. The van der Waals surface area contributed by atoms with Gasteiger partial charge in [-0.2, -0.15) is 0 Å². The molecule has 0 aromatic rings. The van der Waals surface area contributed by atoms with Crippen LogP contribution in [0.2, 0.25) is 0 Å². The second-order valence-electron chi connectivity index (χ2n) is 2.88. The number of rotatable bonds is 3. The third kappa shape index (κ3) is 2.30. The summed E-state index contributed by atoms with van der Waals surface area (Å²) < 4.78 is 4.67. The zero-order valence-electron chi connectivity index (χ0n) is 7.56. The first kappa shape index (κ1) is 10.7. The summed E-state index contributed by atoms with van der Waals surface area (Å²) in [6.07, 6.45) is -0.787. The molecule has 2 atom stereocenters. The molecular formula is C8H11NO5. The average Bonchev–Trinajstić information content (AvgIpc) is 2.46. The minimum atomic E-state index is -1.16. The van der Waals surface area contributed by atoms with Gasteiger partial charge in [-0.1, -0.05) is 0 Å². The van der Waals surface area contributed by atoms with Crippen molar-refractivity contribution in [3.8, 4) is 0 Å². The predicted octanol–water partition coefficient (Wildman–Crippen LogP) is -1.72. The number of nitrogens with one attached hydrogen (secondary N) is 1. The normalized spacial score (nSPS) is 22.6. The molecule has 0 saturated heterocycles. The molecular weight excluding hydrogens is 190 g/mol. The van der Waals surface area contributed by atoms with E-state index in [1.807, 2.05) is 0 Å². The van der Waals surface area contributed by atoms with Crippen LogP contribution in [-0.4, -0.2) is 40.9 Å². The number of aliphatic hydroxyl groups is 2. The lowest BCUT2D eigenvalue weighted by molar-refractivity contribution is -0.145. The Labute approximate surface area is 80.2 Å². The van der Waals surface area contributed by atoms with Crippen LogP contribution in [0.4, 0.5) is 0 Å². The Morgan fingerprint density at radius 2 is 2.43 bits per heavy atom. The fraction of sp³-hybridized carbons (Fsp3) is 0.500. The number of carbonyl (C=O) groups is 2. The van der Waals surface area contributed by atoms with Gasteiger partial charge in [0.1, 0.15) is 11.8 Å². The molecule has 14 heavy (non-hydrogen) atoms. The van der Waals surface area contributed by atoms with Crippen LogP contribution in [0.1, 0.15) is 6.92 Å². The number of amides is 1. The Morgan fingerprint density at radius 1 is 1.79 bits per heavy atom. The zero-order chi connectivity index (χ0) is 10.7. The molecule has 1 aliphatic rings. The maximum absolute atomic E-state index is 11.0. The largest absolute Gasteiger partial charge is 0.450 e. The van der Waals surface area contributed by atoms with Crippen molar-refractivity contribution in [3.05, 3.63) is 11.8 Å². The molecule has 6 heteroatoms. The van der Waals surface area contributed by atoms with Crippen molar-refractivity contribution in [2.24, 2.45) is 0 Å². The van der Waals surface area contributed by atoms with E-state index < -0.39 is 30.7 Å². The van der Waals surface area contributed by atoms with Gasteiger partial charge in [0.05, 0.1) is 6.61 Å². The smallest absolute Gasteiger partial charge is 0.355 e. The van der Waals surface area contributed by atoms with Gasteiger partial charge >= 0.3 is 5.97 Å². The van der Waals surface area contributed by atoms with E-state index in [2.05, 4.69) is 10.1 Å². The summed E-state index contributed by atoms with van der Waals surface area (Å²) >= 11 is 0. The Hall–Kier alpha value is -1.40. The van der Waals surface area contributed by atoms with Crippen LogP contribution in [0.15, 0.2) is 11.8 Å². The first-order valence-corrected chi connectivity index (χ1v) is 4.04. The molecule has 0 aliphatic carbocycles. The molecule has 0 fully saturated rings. The van der Waals surface area contributed by atoms with E-state index in [0.29, 0.717) is 0 Å². The Bertz CT molecular complexity index is 285. The molecule has 3 N–H and O–H groups in total. The van der Waals surface area contributed by atoms with Crippen molar-refractivity contribution in [1.29, 1.82) is 0 Å². The third-order valence-corrected chi connectivity index (χ3v) is 1.67. The lowest BCUT2D eigenvalue weighted by Crippen LogP contribution is -2.28. The van der Waals surface area contributed by atoms with Gasteiger partial charge in [-0.25, -0.2) is 4.79 Å². The second-order valence-corrected chi connectivity index (χ2v) is 2.88. The fourth-order valence-corrected chi connectivity index (χ4v) is 1.03. The fourth-order valence-electron chi connectivity index (χ4n) is 1.03. The van der Waals surface area contributed by atoms with Crippen LogP contribution in [0.25, 0.3) is 0 Å². The van der Waals surface area contributed by atoms with Crippen LogP contribution >= 0.6 is 0 Å². The molecule has 1 aliphatic heterocycles. The van der Waals surface area contributed by atoms with Gasteiger partial charge in [-0.3, -0.25) is 4.79 Å². The Morgan fingerprint density at radius 3 is 2.93 bits per heavy atom. The lowest BCUT2D eigenvalue weighted by atomic mass is 10.2. The molecule has 6 nitrogen and oxygen atoms in total. The number of hydrogen-bond acceptors (Lipinski definition) is 5. The number of esters is 1. The number of aliphatic hydroxyl groups excluding tert-OH is 2. The molecule has 0 bridgehead atoms. The van der Waals surface area contributed by atoms with Gasteiger partial charge in [0, 0.05) is 6.92 Å². The molecule has 0 saturated carbocycles. The minimum absolute atomic E-state index is 0.00463. The molecule has 0 radical (unpaired) electrons. The summed E-state index contributed by atoms with van der Waals surface area (Å²) in [6.45, 7) is 0.742. The zero-order valence-corrected chi connectivity index (χ0v) is 7.56. The van der Waals surface area contributed by atoms with Crippen molar-refractivity contribution in [2.45, 2.75) is 19.1 Å². The molecule has 1 rings (SSSR count). The predicted molar refractivity (Wildman–Crippen MR) is 44.9 cm³/mol. The number of carbonyl (C=O) groups excluding carboxylic acids is 2. The molecule has 1 amide bonds. The maximum Gasteiger partial charge on any atom is 0.355 e. The summed E-state index contributed by atoms with van der Waals surface area (Å²) in [7, 11) is 0. The van der Waals surface area contributed by atoms with Gasteiger partial charge in [0.25, 0.3) is 0 Å². The summed E-state index contributed by atoms with van der Waals surface area (Å²) in [5.41, 5.74) is -0.00463. The van der Waals surface area contributed by atoms with Crippen LogP contribution in [0.3, 0.4) is 0 Å². The Kier molecular flexibility index (Phi) is 3.21. The van der Waals surface area contributed by atoms with E-state index in [4.69, 9.17) is 10.2 Å². The van der Waals surface area contributed by atoms with E-state index in [-0.39, 0.29) is 5.70 Å². The molecule has 2 unspecified atom stereocenters. The summed E-state index contributed by atoms with van der Waals surface area (Å²) in [5.74, 6) is -1.11. The monoisotopic (exact) mass is 201 g/mol. The van der Waals surface area contributed by atoms with Crippen LogP contribution in [0.5, 0.6) is 0 Å². The first-order chi connectivity index (χ1) is 6.54. The number of ether oxygens (including phenoxy) is 1. The topological polar surface area (TPSA) is 95.9 Å². The molecule has 0 aromatic heterocycles. The quantitative estimate of drug-likeness (QED) is 0.472. The van der Waals surface area contributed by atoms with E-state index >= 15 is 0 Å². The summed E-state index contributed by atoms with van der Waals surface area (Å²) in [4.78, 5) is 21.7. The van der Waals surface area contributed by atoms with Crippen molar-refractivity contribution in [2.75, 3.05) is 6.61 Å². The van der Waals surface area contributed by atoms with Crippen molar-refractivity contribution in [3.63, 3.8) is 0 Å². The van der Waals surface area contributed by atoms with Crippen molar-refractivity contribution < 1.29 is 24.5 Å². The number of hydrogen-bond donors (Lipinski definition) is 3. The summed E-state index contributed by atoms with van der Waals surface area (Å²) in [5, 5.41) is 20.0. The molecule has 1 heterocycles. The first-order valence-electron chi connectivity index (χ1n) is 4.04. The summed E-state index contributed by atoms with van der Waals surface area (Å²) in [6, 6.07) is 0. The van der Waals surface area contributed by atoms with E-state index in [0.717, 1.165) is 0 Å². The van der Waals surface area contributed by atoms with Crippen LogP contribution in [0, 0.1) is 0 Å². The van der Waals surface area contributed by atoms with Crippen molar-refractivity contribution >= 4 is 11.9 Å². The van der Waals surface area contributed by atoms with Gasteiger partial charge in [-0.05, 0) is 6.08 Å². The highest BCUT2D eigenvalue weighted by molar-refractivity contribution is 5.95. The van der Waals surface area contributed by atoms with Gasteiger partial charge in [0.2, 0.25) is 5.91 Å². The highest BCUT2D eigenvalue weighted by Gasteiger charge is 2.30. The lowest BCUT2D eigenvalue weighted by Gasteiger charge is -2.12. The van der Waals surface area contributed by atoms with Gasteiger partial charge < -0.3 is 20.3 Å². The number of cyclic esters (lactones) is 1. The highest BCUT2D eigenvalue weighted by atomic mass is 16.6. The standard InChI is InChI=1S/C8H11NO5/c1-4(11)9-5-2-7(6(12)3-10)14-8(5)13/h2,6-7,10,12H,3H2,1H3,(H,9,11). The second kappa shape index (κ2) is 4.21. The SMILES string of the molecule is CC(=O)NC1=CC(C(O)CO)OC1=O. The van der Waals surface area contributed by atoms with E-state index in [1.54, 1.807) is 0 Å². The molecule has 0 aromatic carbocycles. The Balaban J connectivity index is 2.67. The van der Waals surface area contributed by atoms with Crippen molar-refractivity contribution in [1.82, 2.24) is 5.32 Å². The minimum Gasteiger partial charge on any atom is -0.450 e. The van der Waals surface area contributed by atoms with E-state index in [9.17, 15) is 9.59 Å². The van der Waals surface area contributed by atoms with Gasteiger partial charge in [0.15, 0.2) is 6.10 Å². The maximum atomic E-state index is 11.0. The average molecular weight is 201 g/mol. The van der Waals surface area contributed by atoms with Gasteiger partial charge in [-0.15, -0.1) is 0 Å². The van der Waals surface area contributed by atoms with E-state index in [1.165, 1.54) is 13.0 Å². The molecule has 0 spiro atoms.